The summed E-state index contributed by atoms with van der Waals surface area (Å²) < 4.78 is 13.3. The van der Waals surface area contributed by atoms with Crippen LogP contribution in [0.4, 0.5) is 4.39 Å². The number of fused-ring (bicyclic) bond motifs is 1. The number of benzene rings is 1. The topological polar surface area (TPSA) is 61.9 Å². The van der Waals surface area contributed by atoms with Crippen LogP contribution in [-0.2, 0) is 6.54 Å². The first-order valence-corrected chi connectivity index (χ1v) is 7.16. The van der Waals surface area contributed by atoms with Crippen LogP contribution in [0.5, 0.6) is 0 Å². The molecule has 2 atom stereocenters. The third-order valence-corrected chi connectivity index (χ3v) is 4.65. The lowest BCUT2D eigenvalue weighted by Gasteiger charge is -2.18. The van der Waals surface area contributed by atoms with Crippen LogP contribution in [0.1, 0.15) is 30.4 Å². The molecule has 20 heavy (non-hydrogen) atoms. The van der Waals surface area contributed by atoms with Crippen LogP contribution in [0.3, 0.4) is 0 Å². The van der Waals surface area contributed by atoms with Gasteiger partial charge in [-0.05, 0) is 42.4 Å². The molecule has 1 aliphatic heterocycles. The molecule has 1 aromatic rings. The van der Waals surface area contributed by atoms with Gasteiger partial charge in [0, 0.05) is 25.2 Å². The Hall–Kier alpha value is -1.62. The van der Waals surface area contributed by atoms with Crippen LogP contribution in [0.2, 0.25) is 0 Å². The van der Waals surface area contributed by atoms with Crippen molar-refractivity contribution in [1.82, 2.24) is 4.90 Å². The molecule has 1 aliphatic carbocycles. The fourth-order valence-electron chi connectivity index (χ4n) is 3.68. The number of hydrogen-bond donors (Lipinski definition) is 2. The fourth-order valence-corrected chi connectivity index (χ4v) is 3.68. The second-order valence-corrected chi connectivity index (χ2v) is 5.93. The van der Waals surface area contributed by atoms with E-state index in [9.17, 15) is 4.39 Å². The highest BCUT2D eigenvalue weighted by atomic mass is 19.1. The minimum absolute atomic E-state index is 0.0288. The van der Waals surface area contributed by atoms with Crippen molar-refractivity contribution in [2.45, 2.75) is 25.8 Å². The molecule has 0 bridgehead atoms. The number of rotatable bonds is 3. The van der Waals surface area contributed by atoms with E-state index >= 15 is 0 Å². The van der Waals surface area contributed by atoms with E-state index in [-0.39, 0.29) is 11.7 Å². The molecule has 1 heterocycles. The molecule has 5 heteroatoms. The predicted molar refractivity (Wildman–Crippen MR) is 75.0 cm³/mol. The van der Waals surface area contributed by atoms with Crippen LogP contribution in [0.15, 0.2) is 23.4 Å². The Balaban J connectivity index is 1.77. The zero-order valence-electron chi connectivity index (χ0n) is 11.4. The minimum atomic E-state index is -0.367. The largest absolute Gasteiger partial charge is 0.409 e. The average Bonchev–Trinajstić information content (AvgIpc) is 3.00. The molecule has 0 aromatic heterocycles. The summed E-state index contributed by atoms with van der Waals surface area (Å²) in [6.45, 7) is 2.95. The Bertz CT molecular complexity index is 520. The van der Waals surface area contributed by atoms with Gasteiger partial charge in [0.1, 0.15) is 5.82 Å². The van der Waals surface area contributed by atoms with Gasteiger partial charge in [0.05, 0.1) is 0 Å². The highest BCUT2D eigenvalue weighted by Gasteiger charge is 2.35. The van der Waals surface area contributed by atoms with Crippen LogP contribution < -0.4 is 5.73 Å². The van der Waals surface area contributed by atoms with Gasteiger partial charge in [-0.2, -0.15) is 0 Å². The molecule has 2 fully saturated rings. The van der Waals surface area contributed by atoms with E-state index in [0.717, 1.165) is 37.0 Å². The quantitative estimate of drug-likeness (QED) is 0.385. The molecule has 0 spiro atoms. The maximum absolute atomic E-state index is 13.3. The van der Waals surface area contributed by atoms with Crippen molar-refractivity contribution in [2.75, 3.05) is 13.1 Å². The summed E-state index contributed by atoms with van der Waals surface area (Å²) in [5.74, 6) is 1.25. The molecule has 1 saturated heterocycles. The van der Waals surface area contributed by atoms with Crippen molar-refractivity contribution in [2.24, 2.45) is 22.7 Å². The van der Waals surface area contributed by atoms with E-state index in [0.29, 0.717) is 5.56 Å². The summed E-state index contributed by atoms with van der Waals surface area (Å²) in [4.78, 5) is 2.40. The Morgan fingerprint density at radius 2 is 2.05 bits per heavy atom. The fraction of sp³-hybridized carbons (Fsp3) is 0.533. The van der Waals surface area contributed by atoms with Crippen LogP contribution in [-0.4, -0.2) is 29.0 Å². The Morgan fingerprint density at radius 1 is 1.35 bits per heavy atom. The molecule has 1 aromatic carbocycles. The summed E-state index contributed by atoms with van der Waals surface area (Å²) in [5, 5.41) is 11.8. The first-order chi connectivity index (χ1) is 9.67. The van der Waals surface area contributed by atoms with Gasteiger partial charge < -0.3 is 10.9 Å². The van der Waals surface area contributed by atoms with E-state index in [1.165, 1.54) is 31.4 Å². The van der Waals surface area contributed by atoms with Crippen molar-refractivity contribution in [3.63, 3.8) is 0 Å². The average molecular weight is 277 g/mol. The Labute approximate surface area is 118 Å². The summed E-state index contributed by atoms with van der Waals surface area (Å²) in [6, 6.07) is 4.50. The molecule has 108 valence electrons. The maximum atomic E-state index is 13.3. The molecule has 0 amide bonds. The number of nitrogens with zero attached hydrogens (tertiary/aromatic N) is 2. The van der Waals surface area contributed by atoms with Gasteiger partial charge in [-0.1, -0.05) is 17.6 Å². The van der Waals surface area contributed by atoms with Gasteiger partial charge in [-0.25, -0.2) is 4.39 Å². The monoisotopic (exact) mass is 277 g/mol. The van der Waals surface area contributed by atoms with Crippen molar-refractivity contribution >= 4 is 5.84 Å². The number of amidine groups is 1. The van der Waals surface area contributed by atoms with E-state index in [1.54, 1.807) is 6.07 Å². The van der Waals surface area contributed by atoms with Crippen LogP contribution >= 0.6 is 0 Å². The number of nitrogens with two attached hydrogens (primary N) is 1. The maximum Gasteiger partial charge on any atom is 0.170 e. The minimum Gasteiger partial charge on any atom is -0.409 e. The number of oxime groups is 1. The molecular weight excluding hydrogens is 257 g/mol. The molecule has 0 radical (unpaired) electrons. The van der Waals surface area contributed by atoms with Gasteiger partial charge in [0.2, 0.25) is 0 Å². The first kappa shape index (κ1) is 13.4. The zero-order chi connectivity index (χ0) is 14.1. The second kappa shape index (κ2) is 5.40. The SMILES string of the molecule is N/C(=N/O)c1cc(F)ccc1CN1CC2CCCC2C1. The summed E-state index contributed by atoms with van der Waals surface area (Å²) >= 11 is 0. The van der Waals surface area contributed by atoms with Crippen LogP contribution in [0.25, 0.3) is 0 Å². The lowest BCUT2D eigenvalue weighted by molar-refractivity contribution is 0.302. The number of hydrogen-bond acceptors (Lipinski definition) is 3. The lowest BCUT2D eigenvalue weighted by Crippen LogP contribution is -2.24. The van der Waals surface area contributed by atoms with E-state index in [2.05, 4.69) is 10.1 Å². The Morgan fingerprint density at radius 3 is 2.70 bits per heavy atom. The third kappa shape index (κ3) is 2.50. The van der Waals surface area contributed by atoms with E-state index in [1.807, 2.05) is 0 Å². The Kier molecular flexibility index (Phi) is 3.61. The van der Waals surface area contributed by atoms with Crippen molar-refractivity contribution in [3.05, 3.63) is 35.1 Å². The van der Waals surface area contributed by atoms with Gasteiger partial charge in [-0.15, -0.1) is 0 Å². The van der Waals surface area contributed by atoms with Crippen LogP contribution in [0, 0.1) is 17.7 Å². The first-order valence-electron chi connectivity index (χ1n) is 7.16. The van der Waals surface area contributed by atoms with Crippen molar-refractivity contribution in [3.8, 4) is 0 Å². The normalized spacial score (nSPS) is 26.9. The van der Waals surface area contributed by atoms with Gasteiger partial charge in [0.25, 0.3) is 0 Å². The molecule has 1 saturated carbocycles. The van der Waals surface area contributed by atoms with Gasteiger partial charge in [-0.3, -0.25) is 4.90 Å². The number of likely N-dealkylation sites (tertiary alicyclic amines) is 1. The highest BCUT2D eigenvalue weighted by Crippen LogP contribution is 2.38. The molecule has 2 aliphatic rings. The number of halogens is 1. The van der Waals surface area contributed by atoms with E-state index < -0.39 is 0 Å². The molecule has 3 rings (SSSR count). The molecule has 2 unspecified atom stereocenters. The lowest BCUT2D eigenvalue weighted by atomic mass is 10.0. The predicted octanol–water partition coefficient (Wildman–Crippen LogP) is 2.15. The summed E-state index contributed by atoms with van der Waals surface area (Å²) in [5.41, 5.74) is 7.05. The van der Waals surface area contributed by atoms with Crippen molar-refractivity contribution in [1.29, 1.82) is 0 Å². The molecule has 3 N–H and O–H groups in total. The smallest absolute Gasteiger partial charge is 0.170 e. The standard InChI is InChI=1S/C15H20FN3O/c16-13-5-4-12(14(6-13)15(17)18-20)9-19-7-10-2-1-3-11(10)8-19/h4-6,10-11,20H,1-3,7-9H2,(H2,17,18). The van der Waals surface area contributed by atoms with Crippen molar-refractivity contribution < 1.29 is 9.60 Å². The third-order valence-electron chi connectivity index (χ3n) is 4.65. The summed E-state index contributed by atoms with van der Waals surface area (Å²) in [6.07, 6.45) is 4.02. The van der Waals surface area contributed by atoms with Gasteiger partial charge >= 0.3 is 0 Å². The zero-order valence-corrected chi connectivity index (χ0v) is 11.4. The molecular formula is C15H20FN3O. The molecule has 4 nitrogen and oxygen atoms in total. The highest BCUT2D eigenvalue weighted by molar-refractivity contribution is 5.98. The van der Waals surface area contributed by atoms with Gasteiger partial charge in [0.15, 0.2) is 5.84 Å². The second-order valence-electron chi connectivity index (χ2n) is 5.93. The van der Waals surface area contributed by atoms with E-state index in [4.69, 9.17) is 10.9 Å². The summed E-state index contributed by atoms with van der Waals surface area (Å²) in [7, 11) is 0.